The molecular weight excluding hydrogens is 184 g/mol. The van der Waals surface area contributed by atoms with Crippen LogP contribution in [0.5, 0.6) is 0 Å². The van der Waals surface area contributed by atoms with Gasteiger partial charge in [0.2, 0.25) is 0 Å². The van der Waals surface area contributed by atoms with Crippen LogP contribution < -0.4 is 5.73 Å². The van der Waals surface area contributed by atoms with E-state index in [1.807, 2.05) is 0 Å². The van der Waals surface area contributed by atoms with E-state index in [0.717, 1.165) is 25.7 Å². The van der Waals surface area contributed by atoms with Crippen molar-refractivity contribution in [2.24, 2.45) is 0 Å². The fourth-order valence-corrected chi connectivity index (χ4v) is 2.21. The molecule has 1 saturated carbocycles. The van der Waals surface area contributed by atoms with Crippen molar-refractivity contribution in [3.63, 3.8) is 0 Å². The van der Waals surface area contributed by atoms with Gasteiger partial charge in [-0.1, -0.05) is 12.8 Å². The largest absolute Gasteiger partial charge is 0.399 e. The minimum Gasteiger partial charge on any atom is -0.399 e. The van der Waals surface area contributed by atoms with Gasteiger partial charge in [0.1, 0.15) is 11.6 Å². The van der Waals surface area contributed by atoms with Crippen molar-refractivity contribution >= 4 is 5.69 Å². The lowest BCUT2D eigenvalue weighted by atomic mass is 9.96. The first-order chi connectivity index (χ1) is 6.68. The van der Waals surface area contributed by atoms with Gasteiger partial charge in [-0.25, -0.2) is 8.78 Å². The van der Waals surface area contributed by atoms with Crippen LogP contribution in [0.25, 0.3) is 0 Å². The monoisotopic (exact) mass is 197 g/mol. The van der Waals surface area contributed by atoms with Crippen LogP contribution in [0.1, 0.15) is 37.2 Å². The number of benzene rings is 1. The summed E-state index contributed by atoms with van der Waals surface area (Å²) < 4.78 is 26.9. The zero-order valence-corrected chi connectivity index (χ0v) is 7.89. The van der Waals surface area contributed by atoms with E-state index in [1.165, 1.54) is 12.1 Å². The quantitative estimate of drug-likeness (QED) is 0.687. The van der Waals surface area contributed by atoms with Crippen LogP contribution in [-0.4, -0.2) is 0 Å². The maximum Gasteiger partial charge on any atom is 0.131 e. The molecular formula is C11H13F2N. The summed E-state index contributed by atoms with van der Waals surface area (Å²) in [5.74, 6) is -0.931. The molecule has 2 rings (SSSR count). The Kier molecular flexibility index (Phi) is 2.40. The molecule has 1 aromatic rings. The standard InChI is InChI=1S/C11H13F2N/c12-9-5-8(14)6-10(13)11(9)7-3-1-2-4-7/h5-7H,1-4,14H2. The van der Waals surface area contributed by atoms with Crippen molar-refractivity contribution in [3.05, 3.63) is 29.3 Å². The molecule has 1 nitrogen and oxygen atoms in total. The van der Waals surface area contributed by atoms with E-state index in [4.69, 9.17) is 5.73 Å². The van der Waals surface area contributed by atoms with Crippen molar-refractivity contribution in [1.29, 1.82) is 0 Å². The van der Waals surface area contributed by atoms with E-state index in [1.54, 1.807) is 0 Å². The predicted molar refractivity (Wildman–Crippen MR) is 52.0 cm³/mol. The van der Waals surface area contributed by atoms with Gasteiger partial charge in [0.25, 0.3) is 0 Å². The Hall–Kier alpha value is -1.12. The highest BCUT2D eigenvalue weighted by Crippen LogP contribution is 2.37. The van der Waals surface area contributed by atoms with E-state index in [-0.39, 0.29) is 17.2 Å². The molecule has 1 aliphatic carbocycles. The topological polar surface area (TPSA) is 26.0 Å². The molecule has 0 atom stereocenters. The summed E-state index contributed by atoms with van der Waals surface area (Å²) in [6.45, 7) is 0. The predicted octanol–water partition coefficient (Wildman–Crippen LogP) is 3.20. The third-order valence-corrected chi connectivity index (χ3v) is 2.86. The van der Waals surface area contributed by atoms with Gasteiger partial charge in [0, 0.05) is 11.3 Å². The lowest BCUT2D eigenvalue weighted by molar-refractivity contribution is 0.525. The van der Waals surface area contributed by atoms with E-state index < -0.39 is 11.6 Å². The smallest absolute Gasteiger partial charge is 0.131 e. The number of hydrogen-bond donors (Lipinski definition) is 1. The molecule has 0 aromatic heterocycles. The minimum atomic E-state index is -0.491. The van der Waals surface area contributed by atoms with Gasteiger partial charge in [0.15, 0.2) is 0 Å². The Balaban J connectivity index is 2.40. The molecule has 0 heterocycles. The Morgan fingerprint density at radius 1 is 1.07 bits per heavy atom. The zero-order valence-electron chi connectivity index (χ0n) is 7.89. The number of halogens is 2. The fraction of sp³-hybridized carbons (Fsp3) is 0.455. The normalized spacial score (nSPS) is 17.6. The third kappa shape index (κ3) is 1.59. The number of hydrogen-bond acceptors (Lipinski definition) is 1. The van der Waals surface area contributed by atoms with Crippen molar-refractivity contribution < 1.29 is 8.78 Å². The molecule has 0 unspecified atom stereocenters. The van der Waals surface area contributed by atoms with Crippen LogP contribution in [0.4, 0.5) is 14.5 Å². The molecule has 14 heavy (non-hydrogen) atoms. The Morgan fingerprint density at radius 3 is 2.07 bits per heavy atom. The van der Waals surface area contributed by atoms with Crippen LogP contribution in [-0.2, 0) is 0 Å². The van der Waals surface area contributed by atoms with Crippen molar-refractivity contribution in [3.8, 4) is 0 Å². The molecule has 1 aliphatic rings. The molecule has 76 valence electrons. The molecule has 0 radical (unpaired) electrons. The summed E-state index contributed by atoms with van der Waals surface area (Å²) in [6, 6.07) is 2.41. The highest BCUT2D eigenvalue weighted by Gasteiger charge is 2.23. The Morgan fingerprint density at radius 2 is 1.57 bits per heavy atom. The molecule has 0 bridgehead atoms. The van der Waals surface area contributed by atoms with Crippen LogP contribution in [0.15, 0.2) is 12.1 Å². The number of nitrogen functional groups attached to an aromatic ring is 1. The molecule has 0 saturated heterocycles. The third-order valence-electron chi connectivity index (χ3n) is 2.86. The summed E-state index contributed by atoms with van der Waals surface area (Å²) in [5.41, 5.74) is 5.73. The summed E-state index contributed by atoms with van der Waals surface area (Å²) >= 11 is 0. The highest BCUT2D eigenvalue weighted by atomic mass is 19.1. The van der Waals surface area contributed by atoms with Gasteiger partial charge >= 0.3 is 0 Å². The van der Waals surface area contributed by atoms with Crippen LogP contribution in [0, 0.1) is 11.6 Å². The lowest BCUT2D eigenvalue weighted by Gasteiger charge is -2.12. The lowest BCUT2D eigenvalue weighted by Crippen LogP contribution is -2.02. The fourth-order valence-electron chi connectivity index (χ4n) is 2.21. The number of anilines is 1. The van der Waals surface area contributed by atoms with Gasteiger partial charge < -0.3 is 5.73 Å². The van der Waals surface area contributed by atoms with Gasteiger partial charge in [0.05, 0.1) is 0 Å². The maximum absolute atomic E-state index is 13.4. The molecule has 0 aliphatic heterocycles. The summed E-state index contributed by atoms with van der Waals surface area (Å²) in [5, 5.41) is 0. The van der Waals surface area contributed by atoms with Crippen molar-refractivity contribution in [2.45, 2.75) is 31.6 Å². The van der Waals surface area contributed by atoms with E-state index in [2.05, 4.69) is 0 Å². The highest BCUT2D eigenvalue weighted by molar-refractivity contribution is 5.42. The molecule has 1 aromatic carbocycles. The van der Waals surface area contributed by atoms with Crippen LogP contribution in [0.3, 0.4) is 0 Å². The van der Waals surface area contributed by atoms with E-state index in [9.17, 15) is 8.78 Å². The van der Waals surface area contributed by atoms with Crippen molar-refractivity contribution in [1.82, 2.24) is 0 Å². The first kappa shape index (κ1) is 9.44. The van der Waals surface area contributed by atoms with Gasteiger partial charge in [-0.15, -0.1) is 0 Å². The number of rotatable bonds is 1. The Bertz CT molecular complexity index is 320. The second-order valence-electron chi connectivity index (χ2n) is 3.88. The van der Waals surface area contributed by atoms with Crippen molar-refractivity contribution in [2.75, 3.05) is 5.73 Å². The van der Waals surface area contributed by atoms with E-state index in [0.29, 0.717) is 0 Å². The van der Waals surface area contributed by atoms with Gasteiger partial charge in [-0.2, -0.15) is 0 Å². The average Bonchev–Trinajstić information content (AvgIpc) is 2.54. The summed E-state index contributed by atoms with van der Waals surface area (Å²) in [4.78, 5) is 0. The summed E-state index contributed by atoms with van der Waals surface area (Å²) in [6.07, 6.45) is 3.90. The molecule has 1 fully saturated rings. The molecule has 0 spiro atoms. The second kappa shape index (κ2) is 3.56. The van der Waals surface area contributed by atoms with Crippen LogP contribution >= 0.6 is 0 Å². The van der Waals surface area contributed by atoms with Gasteiger partial charge in [-0.05, 0) is 30.9 Å². The first-order valence-corrected chi connectivity index (χ1v) is 4.93. The zero-order chi connectivity index (χ0) is 10.1. The SMILES string of the molecule is Nc1cc(F)c(C2CCCC2)c(F)c1. The van der Waals surface area contributed by atoms with Gasteiger partial charge in [-0.3, -0.25) is 0 Å². The number of nitrogens with two attached hydrogens (primary N) is 1. The van der Waals surface area contributed by atoms with Crippen LogP contribution in [0.2, 0.25) is 0 Å². The Labute approximate surface area is 81.9 Å². The molecule has 3 heteroatoms. The molecule has 2 N–H and O–H groups in total. The molecule has 0 amide bonds. The first-order valence-electron chi connectivity index (χ1n) is 4.93. The van der Waals surface area contributed by atoms with E-state index >= 15 is 0 Å². The maximum atomic E-state index is 13.4. The minimum absolute atomic E-state index is 0.0515. The second-order valence-corrected chi connectivity index (χ2v) is 3.88. The summed E-state index contributed by atoms with van der Waals surface area (Å²) in [7, 11) is 0. The average molecular weight is 197 g/mol.